The van der Waals surface area contributed by atoms with Gasteiger partial charge in [0.1, 0.15) is 10.6 Å². The fraction of sp³-hybridized carbons (Fsp3) is 0.714. The lowest BCUT2D eigenvalue weighted by Crippen LogP contribution is -2.18. The highest BCUT2D eigenvalue weighted by molar-refractivity contribution is 7.10. The number of aryl methyl sites for hydroxylation is 1. The van der Waals surface area contributed by atoms with Crippen LogP contribution in [0.3, 0.4) is 0 Å². The summed E-state index contributed by atoms with van der Waals surface area (Å²) in [5.41, 5.74) is 1.65. The van der Waals surface area contributed by atoms with E-state index >= 15 is 0 Å². The SMILES string of the molecule is CCOC(=O)c1c(C)nsc1NCC1(CCOC)CC1. The van der Waals surface area contributed by atoms with Crippen molar-refractivity contribution in [3.05, 3.63) is 11.3 Å². The van der Waals surface area contributed by atoms with Crippen LogP contribution in [0.15, 0.2) is 0 Å². The highest BCUT2D eigenvalue weighted by Gasteiger charge is 2.42. The van der Waals surface area contributed by atoms with E-state index < -0.39 is 0 Å². The van der Waals surface area contributed by atoms with Crippen LogP contribution in [0.25, 0.3) is 0 Å². The van der Waals surface area contributed by atoms with Gasteiger partial charge in [0.2, 0.25) is 0 Å². The van der Waals surface area contributed by atoms with Crippen molar-refractivity contribution in [2.75, 3.05) is 32.2 Å². The maximum absolute atomic E-state index is 11.9. The molecule has 0 atom stereocenters. The largest absolute Gasteiger partial charge is 0.462 e. The number of hydrogen-bond donors (Lipinski definition) is 1. The maximum Gasteiger partial charge on any atom is 0.343 e. The number of hydrogen-bond acceptors (Lipinski definition) is 6. The van der Waals surface area contributed by atoms with E-state index in [2.05, 4.69) is 9.69 Å². The van der Waals surface area contributed by atoms with Gasteiger partial charge in [-0.1, -0.05) is 0 Å². The highest BCUT2D eigenvalue weighted by Crippen LogP contribution is 2.49. The minimum Gasteiger partial charge on any atom is -0.462 e. The summed E-state index contributed by atoms with van der Waals surface area (Å²) in [5, 5.41) is 4.21. The standard InChI is InChI=1S/C14H22N2O3S/c1-4-19-13(17)11-10(2)16-20-12(11)15-9-14(5-6-14)7-8-18-3/h15H,4-9H2,1-3H3. The summed E-state index contributed by atoms with van der Waals surface area (Å²) >= 11 is 1.33. The quantitative estimate of drug-likeness (QED) is 0.748. The molecule has 1 aromatic heterocycles. The molecule has 0 aliphatic heterocycles. The van der Waals surface area contributed by atoms with Crippen LogP contribution in [0.2, 0.25) is 0 Å². The van der Waals surface area contributed by atoms with Gasteiger partial charge in [0.15, 0.2) is 0 Å². The zero-order chi connectivity index (χ0) is 14.6. The van der Waals surface area contributed by atoms with Crippen molar-refractivity contribution in [1.82, 2.24) is 4.37 Å². The molecule has 0 radical (unpaired) electrons. The molecular weight excluding hydrogens is 276 g/mol. The van der Waals surface area contributed by atoms with Gasteiger partial charge >= 0.3 is 5.97 Å². The molecule has 20 heavy (non-hydrogen) atoms. The Kier molecular flexibility index (Phi) is 4.99. The van der Waals surface area contributed by atoms with E-state index in [0.717, 1.165) is 30.3 Å². The van der Waals surface area contributed by atoms with Crippen LogP contribution < -0.4 is 5.32 Å². The molecular formula is C14H22N2O3S. The minimum absolute atomic E-state index is 0.289. The van der Waals surface area contributed by atoms with Crippen LogP contribution >= 0.6 is 11.5 Å². The Morgan fingerprint density at radius 3 is 2.85 bits per heavy atom. The summed E-state index contributed by atoms with van der Waals surface area (Å²) in [5.74, 6) is -0.289. The zero-order valence-electron chi connectivity index (χ0n) is 12.3. The van der Waals surface area contributed by atoms with Gasteiger partial charge in [-0.15, -0.1) is 0 Å². The summed E-state index contributed by atoms with van der Waals surface area (Å²) in [6.45, 7) is 5.68. The third-order valence-electron chi connectivity index (χ3n) is 3.76. The number of rotatable bonds is 8. The number of anilines is 1. The Bertz CT molecular complexity index is 469. The van der Waals surface area contributed by atoms with Gasteiger partial charge in [0.05, 0.1) is 12.3 Å². The van der Waals surface area contributed by atoms with Gasteiger partial charge in [-0.2, -0.15) is 4.37 Å². The van der Waals surface area contributed by atoms with E-state index in [1.165, 1.54) is 24.4 Å². The second kappa shape index (κ2) is 6.54. The van der Waals surface area contributed by atoms with Crippen LogP contribution in [-0.2, 0) is 9.47 Å². The Balaban J connectivity index is 1.98. The molecule has 1 aliphatic carbocycles. The normalized spacial score (nSPS) is 15.9. The van der Waals surface area contributed by atoms with Crippen molar-refractivity contribution < 1.29 is 14.3 Å². The van der Waals surface area contributed by atoms with Crippen molar-refractivity contribution in [1.29, 1.82) is 0 Å². The molecule has 5 nitrogen and oxygen atoms in total. The lowest BCUT2D eigenvalue weighted by molar-refractivity contribution is 0.0527. The molecule has 1 aromatic rings. The molecule has 0 spiro atoms. The molecule has 0 saturated heterocycles. The summed E-state index contributed by atoms with van der Waals surface area (Å²) in [4.78, 5) is 11.9. The molecule has 112 valence electrons. The third kappa shape index (κ3) is 3.49. The van der Waals surface area contributed by atoms with Gasteiger partial charge in [0.25, 0.3) is 0 Å². The van der Waals surface area contributed by atoms with E-state index in [9.17, 15) is 4.79 Å². The van der Waals surface area contributed by atoms with E-state index in [0.29, 0.717) is 17.6 Å². The second-order valence-corrected chi connectivity index (χ2v) is 6.06. The second-order valence-electron chi connectivity index (χ2n) is 5.29. The highest BCUT2D eigenvalue weighted by atomic mass is 32.1. The number of carbonyl (C=O) groups excluding carboxylic acids is 1. The van der Waals surface area contributed by atoms with Gasteiger partial charge in [-0.3, -0.25) is 0 Å². The van der Waals surface area contributed by atoms with Crippen LogP contribution in [0.1, 0.15) is 42.2 Å². The first-order chi connectivity index (χ1) is 9.62. The lowest BCUT2D eigenvalue weighted by Gasteiger charge is -2.16. The molecule has 1 N–H and O–H groups in total. The van der Waals surface area contributed by atoms with Crippen LogP contribution in [-0.4, -0.2) is 37.2 Å². The van der Waals surface area contributed by atoms with E-state index in [4.69, 9.17) is 9.47 Å². The maximum atomic E-state index is 11.9. The smallest absolute Gasteiger partial charge is 0.343 e. The van der Waals surface area contributed by atoms with Crippen LogP contribution in [0.4, 0.5) is 5.00 Å². The number of carbonyl (C=O) groups is 1. The number of aromatic nitrogens is 1. The van der Waals surface area contributed by atoms with Crippen molar-refractivity contribution in [2.45, 2.75) is 33.1 Å². The Morgan fingerprint density at radius 1 is 1.50 bits per heavy atom. The molecule has 1 heterocycles. The first-order valence-electron chi connectivity index (χ1n) is 6.98. The van der Waals surface area contributed by atoms with E-state index in [1.54, 1.807) is 7.11 Å². The van der Waals surface area contributed by atoms with Gasteiger partial charge in [-0.25, -0.2) is 4.79 Å². The number of esters is 1. The molecule has 1 fully saturated rings. The minimum atomic E-state index is -0.289. The first kappa shape index (κ1) is 15.3. The van der Waals surface area contributed by atoms with Crippen LogP contribution in [0.5, 0.6) is 0 Å². The van der Waals surface area contributed by atoms with Crippen LogP contribution in [0, 0.1) is 12.3 Å². The Morgan fingerprint density at radius 2 is 2.25 bits per heavy atom. The molecule has 0 bridgehead atoms. The molecule has 1 saturated carbocycles. The van der Waals surface area contributed by atoms with Crippen molar-refractivity contribution in [2.24, 2.45) is 5.41 Å². The number of nitrogens with zero attached hydrogens (tertiary/aromatic N) is 1. The first-order valence-corrected chi connectivity index (χ1v) is 7.75. The van der Waals surface area contributed by atoms with Gasteiger partial charge in [0, 0.05) is 20.3 Å². The summed E-state index contributed by atoms with van der Waals surface area (Å²) < 4.78 is 14.5. The predicted molar refractivity (Wildman–Crippen MR) is 79.5 cm³/mol. The number of nitrogens with one attached hydrogen (secondary N) is 1. The molecule has 2 rings (SSSR count). The third-order valence-corrected chi connectivity index (χ3v) is 4.66. The predicted octanol–water partition coefficient (Wildman–Crippen LogP) is 2.86. The Labute approximate surface area is 123 Å². The molecule has 6 heteroatoms. The number of ether oxygens (including phenoxy) is 2. The summed E-state index contributed by atoms with van der Waals surface area (Å²) in [6.07, 6.45) is 3.49. The van der Waals surface area contributed by atoms with E-state index in [-0.39, 0.29) is 5.97 Å². The van der Waals surface area contributed by atoms with Gasteiger partial charge in [-0.05, 0) is 50.1 Å². The molecule has 1 aliphatic rings. The molecule has 0 aromatic carbocycles. The van der Waals surface area contributed by atoms with Crippen molar-refractivity contribution in [3.63, 3.8) is 0 Å². The average molecular weight is 298 g/mol. The number of methoxy groups -OCH3 is 1. The van der Waals surface area contributed by atoms with E-state index in [1.807, 2.05) is 13.8 Å². The molecule has 0 amide bonds. The van der Waals surface area contributed by atoms with Crippen molar-refractivity contribution in [3.8, 4) is 0 Å². The monoisotopic (exact) mass is 298 g/mol. The average Bonchev–Trinajstić information content (AvgIpc) is 3.11. The summed E-state index contributed by atoms with van der Waals surface area (Å²) in [6, 6.07) is 0. The Hall–Kier alpha value is -1.14. The lowest BCUT2D eigenvalue weighted by atomic mass is 10.0. The molecule has 0 unspecified atom stereocenters. The van der Waals surface area contributed by atoms with Crippen molar-refractivity contribution >= 4 is 22.5 Å². The van der Waals surface area contributed by atoms with Gasteiger partial charge < -0.3 is 14.8 Å². The zero-order valence-corrected chi connectivity index (χ0v) is 13.1. The fourth-order valence-electron chi connectivity index (χ4n) is 2.21. The topological polar surface area (TPSA) is 60.5 Å². The summed E-state index contributed by atoms with van der Waals surface area (Å²) in [7, 11) is 1.73. The fourth-order valence-corrected chi connectivity index (χ4v) is 2.99.